The molecule has 9 heteroatoms. The maximum atomic E-state index is 12.9. The zero-order valence-electron chi connectivity index (χ0n) is 17.9. The van der Waals surface area contributed by atoms with E-state index in [0.29, 0.717) is 37.6 Å². The van der Waals surface area contributed by atoms with E-state index in [1.54, 1.807) is 19.2 Å². The first-order valence-corrected chi connectivity index (χ1v) is 11.7. The average molecular weight is 453 g/mol. The van der Waals surface area contributed by atoms with Crippen LogP contribution in [0.3, 0.4) is 0 Å². The molecule has 0 unspecified atom stereocenters. The number of ketones is 1. The smallest absolute Gasteiger partial charge is 0.243 e. The monoisotopic (exact) mass is 452 g/mol. The molecule has 2 heterocycles. The second-order valence-corrected chi connectivity index (χ2v) is 9.42. The lowest BCUT2D eigenvalue weighted by Crippen LogP contribution is -2.49. The zero-order valence-corrected chi connectivity index (χ0v) is 18.7. The van der Waals surface area contributed by atoms with E-state index < -0.39 is 10.0 Å². The second-order valence-electron chi connectivity index (χ2n) is 7.48. The molecule has 1 fully saturated rings. The Morgan fingerprint density at radius 2 is 1.66 bits per heavy atom. The molecule has 0 amide bonds. The van der Waals surface area contributed by atoms with E-state index in [1.165, 1.54) is 23.4 Å². The van der Waals surface area contributed by atoms with Gasteiger partial charge in [0, 0.05) is 37.3 Å². The van der Waals surface area contributed by atoms with E-state index in [2.05, 4.69) is 10.2 Å². The molecule has 3 aromatic rings. The normalized spacial score (nSPS) is 14.9. The molecule has 0 radical (unpaired) electrons. The highest BCUT2D eigenvalue weighted by atomic mass is 32.2. The lowest BCUT2D eigenvalue weighted by Gasteiger charge is -2.34. The predicted molar refractivity (Wildman–Crippen MR) is 121 cm³/mol. The van der Waals surface area contributed by atoms with Crippen LogP contribution < -0.4 is 9.64 Å². The minimum absolute atomic E-state index is 0.0962. The van der Waals surface area contributed by atoms with Gasteiger partial charge in [-0.2, -0.15) is 4.31 Å². The Labute approximate surface area is 187 Å². The van der Waals surface area contributed by atoms with Crippen LogP contribution in [0.1, 0.15) is 17.3 Å². The lowest BCUT2D eigenvalue weighted by molar-refractivity contribution is 0.101. The molecule has 8 nitrogen and oxygen atoms in total. The van der Waals surface area contributed by atoms with Crippen molar-refractivity contribution in [2.24, 2.45) is 0 Å². The van der Waals surface area contributed by atoms with Gasteiger partial charge >= 0.3 is 0 Å². The summed E-state index contributed by atoms with van der Waals surface area (Å²) in [7, 11) is -1.99. The van der Waals surface area contributed by atoms with Gasteiger partial charge in [-0.05, 0) is 43.3 Å². The number of Topliss-reactive ketones (excluding diaryl/α,β-unsaturated/α-hetero) is 1. The summed E-state index contributed by atoms with van der Waals surface area (Å²) in [6, 6.07) is 17.5. The van der Waals surface area contributed by atoms with Gasteiger partial charge in [0.05, 0.1) is 17.7 Å². The zero-order chi connectivity index (χ0) is 22.7. The molecule has 0 aliphatic carbocycles. The van der Waals surface area contributed by atoms with Gasteiger partial charge in [0.1, 0.15) is 5.75 Å². The lowest BCUT2D eigenvalue weighted by atomic mass is 10.1. The van der Waals surface area contributed by atoms with Crippen molar-refractivity contribution in [3.8, 4) is 17.0 Å². The van der Waals surface area contributed by atoms with Crippen molar-refractivity contribution >= 4 is 21.6 Å². The van der Waals surface area contributed by atoms with Crippen molar-refractivity contribution in [2.45, 2.75) is 11.8 Å². The molecule has 166 valence electrons. The summed E-state index contributed by atoms with van der Waals surface area (Å²) in [5, 5.41) is 8.67. The molecule has 0 spiro atoms. The molecular formula is C23H24N4O4S. The summed E-state index contributed by atoms with van der Waals surface area (Å²) in [4.78, 5) is 13.6. The first-order valence-electron chi connectivity index (χ1n) is 10.2. The molecule has 0 bridgehead atoms. The van der Waals surface area contributed by atoms with Crippen molar-refractivity contribution in [3.63, 3.8) is 0 Å². The number of piperazine rings is 1. The molecule has 2 aromatic carbocycles. The molecule has 0 atom stereocenters. The number of anilines is 1. The van der Waals surface area contributed by atoms with E-state index in [-0.39, 0.29) is 10.7 Å². The largest absolute Gasteiger partial charge is 0.497 e. The summed E-state index contributed by atoms with van der Waals surface area (Å²) in [5.41, 5.74) is 2.14. The Morgan fingerprint density at radius 1 is 0.938 bits per heavy atom. The van der Waals surface area contributed by atoms with Crippen LogP contribution in [-0.2, 0) is 10.0 Å². The summed E-state index contributed by atoms with van der Waals surface area (Å²) in [6.45, 7) is 3.16. The van der Waals surface area contributed by atoms with Crippen LogP contribution in [0.2, 0.25) is 0 Å². The third-order valence-electron chi connectivity index (χ3n) is 5.48. The minimum Gasteiger partial charge on any atom is -0.497 e. The number of carbonyl (C=O) groups excluding carboxylic acids is 1. The Hall–Kier alpha value is -3.30. The molecule has 1 aliphatic heterocycles. The Morgan fingerprint density at radius 3 is 2.25 bits per heavy atom. The van der Waals surface area contributed by atoms with Crippen LogP contribution >= 0.6 is 0 Å². The third kappa shape index (κ3) is 4.49. The fourth-order valence-corrected chi connectivity index (χ4v) is 5.02. The van der Waals surface area contributed by atoms with E-state index in [9.17, 15) is 13.2 Å². The van der Waals surface area contributed by atoms with Crippen molar-refractivity contribution in [1.82, 2.24) is 14.5 Å². The number of hydrogen-bond acceptors (Lipinski definition) is 7. The Kier molecular flexibility index (Phi) is 6.20. The van der Waals surface area contributed by atoms with Crippen LogP contribution in [0.5, 0.6) is 5.75 Å². The topological polar surface area (TPSA) is 92.7 Å². The first-order chi connectivity index (χ1) is 15.4. The first kappa shape index (κ1) is 21.9. The standard InChI is InChI=1S/C23H24N4O4S/c1-17(28)18-6-8-21(9-7-18)32(29,30)27-14-12-26(13-15-27)23-11-10-22(24-25-23)19-4-3-5-20(16-19)31-2/h3-11,16H,12-15H2,1-2H3. The maximum Gasteiger partial charge on any atom is 0.243 e. The second kappa shape index (κ2) is 9.05. The van der Waals surface area contributed by atoms with Crippen LogP contribution in [-0.4, -0.2) is 62.0 Å². The molecule has 32 heavy (non-hydrogen) atoms. The average Bonchev–Trinajstić information content (AvgIpc) is 2.84. The number of aromatic nitrogens is 2. The molecule has 0 N–H and O–H groups in total. The Balaban J connectivity index is 1.42. The third-order valence-corrected chi connectivity index (χ3v) is 7.39. The van der Waals surface area contributed by atoms with E-state index in [0.717, 1.165) is 17.0 Å². The van der Waals surface area contributed by atoms with Crippen LogP contribution in [0.25, 0.3) is 11.3 Å². The number of rotatable bonds is 6. The number of hydrogen-bond donors (Lipinski definition) is 0. The van der Waals surface area contributed by atoms with Gasteiger partial charge in [0.25, 0.3) is 0 Å². The van der Waals surface area contributed by atoms with Gasteiger partial charge in [-0.3, -0.25) is 4.79 Å². The number of methoxy groups -OCH3 is 1. The van der Waals surface area contributed by atoms with Gasteiger partial charge in [-0.1, -0.05) is 24.3 Å². The molecule has 1 aromatic heterocycles. The highest BCUT2D eigenvalue weighted by Gasteiger charge is 2.29. The van der Waals surface area contributed by atoms with E-state index in [4.69, 9.17) is 4.74 Å². The molecule has 0 saturated carbocycles. The van der Waals surface area contributed by atoms with E-state index in [1.807, 2.05) is 41.3 Å². The minimum atomic E-state index is -3.61. The number of ether oxygens (including phenoxy) is 1. The molecule has 1 aliphatic rings. The summed E-state index contributed by atoms with van der Waals surface area (Å²) in [5.74, 6) is 1.36. The van der Waals surface area contributed by atoms with Crippen molar-refractivity contribution < 1.29 is 17.9 Å². The van der Waals surface area contributed by atoms with Gasteiger partial charge < -0.3 is 9.64 Å². The summed E-state index contributed by atoms with van der Waals surface area (Å²) < 4.78 is 32.6. The number of carbonyl (C=O) groups is 1. The summed E-state index contributed by atoms with van der Waals surface area (Å²) >= 11 is 0. The predicted octanol–water partition coefficient (Wildman–Crippen LogP) is 2.87. The fraction of sp³-hybridized carbons (Fsp3) is 0.261. The van der Waals surface area contributed by atoms with Crippen molar-refractivity contribution in [2.75, 3.05) is 38.2 Å². The molecular weight excluding hydrogens is 428 g/mol. The van der Waals surface area contributed by atoms with Gasteiger partial charge in [-0.15, -0.1) is 10.2 Å². The number of nitrogens with zero attached hydrogens (tertiary/aromatic N) is 4. The van der Waals surface area contributed by atoms with Crippen molar-refractivity contribution in [1.29, 1.82) is 0 Å². The van der Waals surface area contributed by atoms with Gasteiger partial charge in [-0.25, -0.2) is 8.42 Å². The Bertz CT molecular complexity index is 1200. The summed E-state index contributed by atoms with van der Waals surface area (Å²) in [6.07, 6.45) is 0. The number of sulfonamides is 1. The SMILES string of the molecule is COc1cccc(-c2ccc(N3CCN(S(=O)(=O)c4ccc(C(C)=O)cc4)CC3)nn2)c1. The van der Waals surface area contributed by atoms with E-state index >= 15 is 0 Å². The van der Waals surface area contributed by atoms with Gasteiger partial charge in [0.2, 0.25) is 10.0 Å². The molecule has 1 saturated heterocycles. The number of benzene rings is 2. The van der Waals surface area contributed by atoms with Crippen LogP contribution in [0.15, 0.2) is 65.6 Å². The molecule has 4 rings (SSSR count). The van der Waals surface area contributed by atoms with Crippen molar-refractivity contribution in [3.05, 3.63) is 66.2 Å². The quantitative estimate of drug-likeness (QED) is 0.531. The fourth-order valence-electron chi connectivity index (χ4n) is 3.60. The van der Waals surface area contributed by atoms with Crippen LogP contribution in [0, 0.1) is 0 Å². The maximum absolute atomic E-state index is 12.9. The highest BCUT2D eigenvalue weighted by Crippen LogP contribution is 2.24. The van der Waals surface area contributed by atoms with Crippen LogP contribution in [0.4, 0.5) is 5.82 Å². The highest BCUT2D eigenvalue weighted by molar-refractivity contribution is 7.89. The van der Waals surface area contributed by atoms with Gasteiger partial charge in [0.15, 0.2) is 11.6 Å².